The quantitative estimate of drug-likeness (QED) is 0.924. The van der Waals surface area contributed by atoms with Gasteiger partial charge in [0, 0.05) is 18.0 Å². The number of pyridine rings is 1. The number of hydrogen-bond donors (Lipinski definition) is 1. The molecule has 0 saturated carbocycles. The second-order valence-corrected chi connectivity index (χ2v) is 3.96. The largest absolute Gasteiger partial charge is 0.414 e. The van der Waals surface area contributed by atoms with Gasteiger partial charge in [0.2, 0.25) is 11.7 Å². The summed E-state index contributed by atoms with van der Waals surface area (Å²) in [6.07, 6.45) is -4.89. The SMILES string of the molecule is Cc1cnccc1-c1noc(CC(O)C(F)(F)F)n1. The molecule has 0 aliphatic rings. The molecule has 2 rings (SSSR count). The summed E-state index contributed by atoms with van der Waals surface area (Å²) in [5, 5.41) is 12.5. The molecule has 5 nitrogen and oxygen atoms in total. The highest BCUT2D eigenvalue weighted by molar-refractivity contribution is 5.57. The molecule has 1 unspecified atom stereocenters. The average Bonchev–Trinajstić information content (AvgIpc) is 2.76. The van der Waals surface area contributed by atoms with Crippen molar-refractivity contribution in [1.82, 2.24) is 15.1 Å². The van der Waals surface area contributed by atoms with Crippen LogP contribution in [0.5, 0.6) is 0 Å². The Labute approximate surface area is 106 Å². The Hall–Kier alpha value is -1.96. The Morgan fingerprint density at radius 3 is 2.79 bits per heavy atom. The zero-order valence-electron chi connectivity index (χ0n) is 9.85. The van der Waals surface area contributed by atoms with Crippen LogP contribution in [0.3, 0.4) is 0 Å². The van der Waals surface area contributed by atoms with Crippen molar-refractivity contribution in [3.8, 4) is 11.4 Å². The molecule has 0 aliphatic heterocycles. The summed E-state index contributed by atoms with van der Waals surface area (Å²) in [6.45, 7) is 1.77. The summed E-state index contributed by atoms with van der Waals surface area (Å²) in [7, 11) is 0. The van der Waals surface area contributed by atoms with Crippen LogP contribution >= 0.6 is 0 Å². The Morgan fingerprint density at radius 1 is 1.42 bits per heavy atom. The van der Waals surface area contributed by atoms with E-state index in [0.717, 1.165) is 5.56 Å². The summed E-state index contributed by atoms with van der Waals surface area (Å²) >= 11 is 0. The molecule has 0 saturated heterocycles. The molecule has 2 heterocycles. The lowest BCUT2D eigenvalue weighted by molar-refractivity contribution is -0.204. The Balaban J connectivity index is 2.19. The molecule has 0 aliphatic carbocycles. The lowest BCUT2D eigenvalue weighted by Crippen LogP contribution is -2.30. The fourth-order valence-corrected chi connectivity index (χ4v) is 1.45. The lowest BCUT2D eigenvalue weighted by atomic mass is 10.1. The van der Waals surface area contributed by atoms with Crippen LogP contribution in [-0.2, 0) is 6.42 Å². The summed E-state index contributed by atoms with van der Waals surface area (Å²) in [4.78, 5) is 7.71. The van der Waals surface area contributed by atoms with Crippen molar-refractivity contribution in [2.24, 2.45) is 0 Å². The van der Waals surface area contributed by atoms with Crippen molar-refractivity contribution in [3.05, 3.63) is 29.9 Å². The number of aromatic nitrogens is 3. The maximum atomic E-state index is 12.2. The van der Waals surface area contributed by atoms with Crippen molar-refractivity contribution >= 4 is 0 Å². The normalized spacial score (nSPS) is 13.5. The van der Waals surface area contributed by atoms with E-state index in [1.54, 1.807) is 19.2 Å². The van der Waals surface area contributed by atoms with Gasteiger partial charge in [0.05, 0.1) is 6.42 Å². The number of aliphatic hydroxyl groups excluding tert-OH is 1. The third kappa shape index (κ3) is 3.08. The van der Waals surface area contributed by atoms with E-state index in [1.165, 1.54) is 6.20 Å². The first-order valence-electron chi connectivity index (χ1n) is 5.36. The summed E-state index contributed by atoms with van der Waals surface area (Å²) in [5.41, 5.74) is 1.39. The van der Waals surface area contributed by atoms with Crippen LogP contribution in [0, 0.1) is 6.92 Å². The highest BCUT2D eigenvalue weighted by Gasteiger charge is 2.39. The summed E-state index contributed by atoms with van der Waals surface area (Å²) < 4.78 is 41.2. The van der Waals surface area contributed by atoms with Gasteiger partial charge in [-0.05, 0) is 18.6 Å². The van der Waals surface area contributed by atoms with Crippen LogP contribution in [-0.4, -0.2) is 32.5 Å². The second kappa shape index (κ2) is 4.96. The van der Waals surface area contributed by atoms with E-state index in [2.05, 4.69) is 15.1 Å². The van der Waals surface area contributed by atoms with Gasteiger partial charge in [0.25, 0.3) is 0 Å². The molecule has 0 radical (unpaired) electrons. The van der Waals surface area contributed by atoms with E-state index >= 15 is 0 Å². The number of aliphatic hydroxyl groups is 1. The van der Waals surface area contributed by atoms with Gasteiger partial charge in [0.15, 0.2) is 6.10 Å². The monoisotopic (exact) mass is 273 g/mol. The highest BCUT2D eigenvalue weighted by atomic mass is 19.4. The van der Waals surface area contributed by atoms with Gasteiger partial charge in [0.1, 0.15) is 0 Å². The van der Waals surface area contributed by atoms with Crippen LogP contribution in [0.4, 0.5) is 13.2 Å². The van der Waals surface area contributed by atoms with Gasteiger partial charge in [-0.15, -0.1) is 0 Å². The molecular weight excluding hydrogens is 263 g/mol. The number of aryl methyl sites for hydroxylation is 1. The van der Waals surface area contributed by atoms with Crippen molar-refractivity contribution in [2.45, 2.75) is 25.6 Å². The van der Waals surface area contributed by atoms with Crippen molar-refractivity contribution in [1.29, 1.82) is 0 Å². The van der Waals surface area contributed by atoms with Gasteiger partial charge in [-0.1, -0.05) is 5.16 Å². The molecule has 8 heteroatoms. The average molecular weight is 273 g/mol. The van der Waals surface area contributed by atoms with Crippen LogP contribution in [0.2, 0.25) is 0 Å². The predicted octanol–water partition coefficient (Wildman–Crippen LogP) is 1.91. The molecule has 0 amide bonds. The molecular formula is C11H10F3N3O2. The molecule has 102 valence electrons. The number of halogens is 3. The molecule has 1 N–H and O–H groups in total. The number of alkyl halides is 3. The molecule has 0 bridgehead atoms. The van der Waals surface area contributed by atoms with E-state index in [4.69, 9.17) is 9.63 Å². The smallest absolute Gasteiger partial charge is 0.383 e. The minimum absolute atomic E-state index is 0.171. The lowest BCUT2D eigenvalue weighted by Gasteiger charge is -2.11. The zero-order valence-corrected chi connectivity index (χ0v) is 9.85. The highest BCUT2D eigenvalue weighted by Crippen LogP contribution is 2.24. The van der Waals surface area contributed by atoms with E-state index in [0.29, 0.717) is 5.56 Å². The molecule has 1 atom stereocenters. The first-order valence-corrected chi connectivity index (χ1v) is 5.36. The Kier molecular flexibility index (Phi) is 3.52. The van der Waals surface area contributed by atoms with Crippen molar-refractivity contribution in [2.75, 3.05) is 0 Å². The molecule has 2 aromatic rings. The zero-order chi connectivity index (χ0) is 14.0. The maximum absolute atomic E-state index is 12.2. The van der Waals surface area contributed by atoms with Crippen molar-refractivity contribution in [3.63, 3.8) is 0 Å². The van der Waals surface area contributed by atoms with E-state index in [9.17, 15) is 13.2 Å². The van der Waals surface area contributed by atoms with Crippen LogP contribution in [0.1, 0.15) is 11.5 Å². The number of hydrogen-bond acceptors (Lipinski definition) is 5. The molecule has 19 heavy (non-hydrogen) atoms. The van der Waals surface area contributed by atoms with Crippen LogP contribution in [0.25, 0.3) is 11.4 Å². The summed E-state index contributed by atoms with van der Waals surface area (Å²) in [6, 6.07) is 1.63. The number of rotatable bonds is 3. The van der Waals surface area contributed by atoms with Gasteiger partial charge < -0.3 is 9.63 Å². The second-order valence-electron chi connectivity index (χ2n) is 3.96. The molecule has 0 spiro atoms. The topological polar surface area (TPSA) is 72.0 Å². The van der Waals surface area contributed by atoms with E-state index in [1.807, 2.05) is 0 Å². The van der Waals surface area contributed by atoms with Gasteiger partial charge >= 0.3 is 6.18 Å². The van der Waals surface area contributed by atoms with Crippen molar-refractivity contribution < 1.29 is 22.8 Å². The Bertz CT molecular complexity index is 568. The molecule has 2 aromatic heterocycles. The molecule has 0 fully saturated rings. The van der Waals surface area contributed by atoms with E-state index < -0.39 is 18.7 Å². The third-order valence-corrected chi connectivity index (χ3v) is 2.48. The number of nitrogens with zero attached hydrogens (tertiary/aromatic N) is 3. The van der Waals surface area contributed by atoms with Crippen LogP contribution < -0.4 is 0 Å². The minimum atomic E-state index is -4.71. The standard InChI is InChI=1S/C11H10F3N3O2/c1-6-5-15-3-2-7(6)10-16-9(19-17-10)4-8(18)11(12,13)14/h2-3,5,8,18H,4H2,1H3. The predicted molar refractivity (Wildman–Crippen MR) is 58.0 cm³/mol. The first kappa shape index (κ1) is 13.5. The molecule has 0 aromatic carbocycles. The fraction of sp³-hybridized carbons (Fsp3) is 0.364. The van der Waals surface area contributed by atoms with Crippen LogP contribution in [0.15, 0.2) is 23.0 Å². The Morgan fingerprint density at radius 2 is 2.16 bits per heavy atom. The first-order chi connectivity index (χ1) is 8.88. The fourth-order valence-electron chi connectivity index (χ4n) is 1.45. The maximum Gasteiger partial charge on any atom is 0.414 e. The summed E-state index contributed by atoms with van der Waals surface area (Å²) in [5.74, 6) is -0.0969. The van der Waals surface area contributed by atoms with Gasteiger partial charge in [-0.2, -0.15) is 18.2 Å². The minimum Gasteiger partial charge on any atom is -0.383 e. The van der Waals surface area contributed by atoms with Gasteiger partial charge in [-0.25, -0.2) is 0 Å². The third-order valence-electron chi connectivity index (χ3n) is 2.48. The van der Waals surface area contributed by atoms with E-state index in [-0.39, 0.29) is 11.7 Å². The van der Waals surface area contributed by atoms with Gasteiger partial charge in [-0.3, -0.25) is 4.98 Å².